The lowest BCUT2D eigenvalue weighted by molar-refractivity contribution is -0.136. The van der Waals surface area contributed by atoms with E-state index in [9.17, 15) is 19.2 Å². The number of pyridine rings is 1. The number of hydrogen-bond acceptors (Lipinski definition) is 15. The summed E-state index contributed by atoms with van der Waals surface area (Å²) in [4.78, 5) is 79.6. The first-order valence-electron chi connectivity index (χ1n) is 29.8. The summed E-state index contributed by atoms with van der Waals surface area (Å²) >= 11 is 0. The van der Waals surface area contributed by atoms with Gasteiger partial charge in [0.2, 0.25) is 11.8 Å². The molecule has 3 aromatic carbocycles. The minimum atomic E-state index is -0.622. The molecule has 7 fully saturated rings. The Morgan fingerprint density at radius 2 is 1.62 bits per heavy atom. The molecule has 19 heteroatoms. The van der Waals surface area contributed by atoms with Crippen LogP contribution in [0.5, 0.6) is 11.8 Å². The van der Waals surface area contributed by atoms with Crippen LogP contribution in [0.4, 0.5) is 20.7 Å². The van der Waals surface area contributed by atoms with Gasteiger partial charge in [-0.3, -0.25) is 34.5 Å². The maximum atomic E-state index is 17.8. The number of anilines is 2. The topological polar surface area (TPSA) is 175 Å². The second kappa shape index (κ2) is 20.9. The Labute approximate surface area is 478 Å². The molecular weight excluding hydrogens is 1040 g/mol. The number of methoxy groups -OCH3 is 1. The summed E-state index contributed by atoms with van der Waals surface area (Å²) in [5.41, 5.74) is 4.51. The molecule has 1 N–H and O–H groups in total. The minimum absolute atomic E-state index is 0.0385. The Morgan fingerprint density at radius 1 is 0.866 bits per heavy atom. The Balaban J connectivity index is 0.674. The van der Waals surface area contributed by atoms with Crippen LogP contribution in [0.25, 0.3) is 32.9 Å². The first-order valence-corrected chi connectivity index (χ1v) is 29.8. The van der Waals surface area contributed by atoms with Crippen LogP contribution < -0.4 is 24.6 Å². The Hall–Kier alpha value is -6.70. The van der Waals surface area contributed by atoms with E-state index in [0.717, 1.165) is 106 Å². The summed E-state index contributed by atoms with van der Waals surface area (Å²) in [6, 6.07) is 15.3. The number of amides is 4. The van der Waals surface area contributed by atoms with E-state index in [4.69, 9.17) is 33.9 Å². The fourth-order valence-electron chi connectivity index (χ4n) is 15.2. The summed E-state index contributed by atoms with van der Waals surface area (Å²) in [5.74, 6) is -0.280. The Kier molecular flexibility index (Phi) is 13.9. The number of halogens is 1. The molecule has 18 nitrogen and oxygen atoms in total. The summed E-state index contributed by atoms with van der Waals surface area (Å²) < 4.78 is 41.5. The van der Waals surface area contributed by atoms with E-state index in [-0.39, 0.29) is 77.3 Å². The maximum absolute atomic E-state index is 17.8. The van der Waals surface area contributed by atoms with Gasteiger partial charge in [0.05, 0.1) is 24.1 Å². The highest BCUT2D eigenvalue weighted by atomic mass is 19.1. The van der Waals surface area contributed by atoms with Gasteiger partial charge in [-0.05, 0) is 163 Å². The van der Waals surface area contributed by atoms with Crippen molar-refractivity contribution in [2.45, 2.75) is 141 Å². The van der Waals surface area contributed by atoms with Gasteiger partial charge in [-0.1, -0.05) is 25.1 Å². The summed E-state index contributed by atoms with van der Waals surface area (Å²) in [6.07, 6.45) is 11.2. The van der Waals surface area contributed by atoms with Gasteiger partial charge in [-0.25, -0.2) is 9.18 Å². The number of likely N-dealkylation sites (tertiary alicyclic amines) is 1. The molecule has 3 atom stereocenters. The zero-order valence-corrected chi connectivity index (χ0v) is 48.4. The molecule has 2 bridgehead atoms. The number of benzene rings is 3. The highest BCUT2D eigenvalue weighted by molar-refractivity contribution is 6.06. The number of carbonyl (C=O) groups is 4. The van der Waals surface area contributed by atoms with E-state index in [1.165, 1.54) is 25.7 Å². The molecule has 4 amide bonds. The number of aromatic nitrogens is 3. The number of nitrogens with one attached hydrogen (secondary N) is 1. The van der Waals surface area contributed by atoms with Crippen molar-refractivity contribution in [2.24, 2.45) is 10.8 Å². The van der Waals surface area contributed by atoms with Crippen LogP contribution in [-0.2, 0) is 32.0 Å². The van der Waals surface area contributed by atoms with Gasteiger partial charge < -0.3 is 38.5 Å². The lowest BCUT2D eigenvalue weighted by Gasteiger charge is -2.63. The smallest absolute Gasteiger partial charge is 0.410 e. The molecule has 13 rings (SSSR count). The van der Waals surface area contributed by atoms with Crippen molar-refractivity contribution < 1.29 is 42.5 Å². The van der Waals surface area contributed by atoms with Gasteiger partial charge in [0, 0.05) is 99.9 Å². The molecule has 3 unspecified atom stereocenters. The summed E-state index contributed by atoms with van der Waals surface area (Å²) in [6.45, 7) is 18.9. The molecule has 434 valence electrons. The molecule has 1 spiro atoms. The van der Waals surface area contributed by atoms with Crippen LogP contribution in [0.1, 0.15) is 120 Å². The SMILES string of the molecule is CCc1cccc2cc(OCOC)cc(-c3ncc4c(N5CC6CCC(C5)N6C(=O)OC(C)(C)C)nc(OCC5(CN6CCC7(CC6)CC(C)(N6CCN(c8ccc9c(c8)CN(C8CCC(=O)NC8=O)C9=O)CC6)C7)CC5)nc4c3F)c12. The zero-order chi connectivity index (χ0) is 56.9. The second-order valence-electron chi connectivity index (χ2n) is 26.2. The van der Waals surface area contributed by atoms with Gasteiger partial charge in [0.15, 0.2) is 12.6 Å². The van der Waals surface area contributed by atoms with Gasteiger partial charge in [0.1, 0.15) is 34.4 Å². The number of nitrogens with zero attached hydrogens (tertiary/aromatic N) is 9. The summed E-state index contributed by atoms with van der Waals surface area (Å²) in [5, 5.41) is 4.70. The van der Waals surface area contributed by atoms with Crippen LogP contribution in [0, 0.1) is 16.6 Å². The van der Waals surface area contributed by atoms with Crippen molar-refractivity contribution >= 4 is 57.0 Å². The van der Waals surface area contributed by atoms with Gasteiger partial charge >= 0.3 is 12.1 Å². The fourth-order valence-corrected chi connectivity index (χ4v) is 15.2. The van der Waals surface area contributed by atoms with Crippen molar-refractivity contribution in [1.82, 2.24) is 39.9 Å². The molecule has 6 aliphatic heterocycles. The number of ether oxygens (including phenoxy) is 4. The number of piperazine rings is 2. The predicted octanol–water partition coefficient (Wildman–Crippen LogP) is 8.49. The maximum Gasteiger partial charge on any atom is 0.410 e. The van der Waals surface area contributed by atoms with Crippen LogP contribution in [0.2, 0.25) is 0 Å². The number of imide groups is 1. The molecule has 2 aliphatic carbocycles. The van der Waals surface area contributed by atoms with Crippen molar-refractivity contribution in [2.75, 3.05) is 89.2 Å². The molecule has 8 heterocycles. The van der Waals surface area contributed by atoms with Crippen LogP contribution in [0.3, 0.4) is 0 Å². The predicted molar refractivity (Wildman–Crippen MR) is 308 cm³/mol. The normalized spacial score (nSPS) is 24.0. The lowest BCUT2D eigenvalue weighted by atomic mass is 9.53. The van der Waals surface area contributed by atoms with Crippen molar-refractivity contribution in [3.05, 3.63) is 77.2 Å². The third kappa shape index (κ3) is 10.1. The molecular formula is C63H77FN10O8. The lowest BCUT2D eigenvalue weighted by Crippen LogP contribution is -2.65. The third-order valence-corrected chi connectivity index (χ3v) is 19.4. The van der Waals surface area contributed by atoms with Crippen molar-refractivity contribution in [3.8, 4) is 23.0 Å². The molecule has 8 aliphatic rings. The van der Waals surface area contributed by atoms with Crippen molar-refractivity contribution in [3.63, 3.8) is 0 Å². The van der Waals surface area contributed by atoms with Crippen molar-refractivity contribution in [1.29, 1.82) is 0 Å². The quantitative estimate of drug-likeness (QED) is 0.0827. The van der Waals surface area contributed by atoms with E-state index >= 15 is 4.39 Å². The minimum Gasteiger partial charge on any atom is -0.468 e. The average molecular weight is 1120 g/mol. The highest BCUT2D eigenvalue weighted by Crippen LogP contribution is 2.58. The monoisotopic (exact) mass is 1120 g/mol. The van der Waals surface area contributed by atoms with E-state index in [1.807, 2.05) is 62.1 Å². The molecule has 82 heavy (non-hydrogen) atoms. The Morgan fingerprint density at radius 3 is 2.32 bits per heavy atom. The molecule has 2 saturated carbocycles. The number of rotatable bonds is 14. The number of fused-ring (bicyclic) bond motifs is 5. The standard InChI is InChI=1S/C63H77FN10O8/c1-7-39-9-8-10-40-28-45(81-38-79-6)29-47(51(39)40)53-52(64)54-48(30-65-53)55(71-32-43-11-12-44(33-71)74(43)59(78)82-60(2,3)4)68-58(67-54)80-37-63(17-18-63)36-69-21-19-62(20-22-69)34-61(5,35-62)72-25-23-70(24-26-72)42-13-14-46-41(27-42)31-73(57(46)77)49-15-16-50(75)66-56(49)76/h8-10,13-14,27-30,43-44,49H,7,11-12,15-26,31-38H2,1-6H3,(H,66,75,76). The fraction of sp³-hybridized carbons (Fsp3) is 0.571. The first kappa shape index (κ1) is 54.5. The largest absolute Gasteiger partial charge is 0.468 e. The third-order valence-electron chi connectivity index (χ3n) is 19.4. The molecule has 2 aromatic heterocycles. The number of carbonyl (C=O) groups excluding carboxylic acids is 4. The van der Waals surface area contributed by atoms with Gasteiger partial charge in [0.25, 0.3) is 5.91 Å². The highest BCUT2D eigenvalue weighted by Gasteiger charge is 2.56. The number of aryl methyl sites for hydroxylation is 1. The van der Waals surface area contributed by atoms with E-state index in [1.54, 1.807) is 18.2 Å². The molecule has 5 saturated heterocycles. The van der Waals surface area contributed by atoms with Crippen LogP contribution in [0.15, 0.2) is 54.7 Å². The van der Waals surface area contributed by atoms with Crippen LogP contribution in [-0.4, -0.2) is 167 Å². The van der Waals surface area contributed by atoms with E-state index in [2.05, 4.69) is 50.9 Å². The molecule has 0 radical (unpaired) electrons. The number of piperidine rings is 2. The van der Waals surface area contributed by atoms with E-state index in [0.29, 0.717) is 66.2 Å². The average Bonchev–Trinajstić information content (AvgIpc) is 4.22. The van der Waals surface area contributed by atoms with Gasteiger partial charge in [-0.15, -0.1) is 0 Å². The zero-order valence-electron chi connectivity index (χ0n) is 48.4. The van der Waals surface area contributed by atoms with Gasteiger partial charge in [-0.2, -0.15) is 9.97 Å². The Bertz CT molecular complexity index is 3350. The summed E-state index contributed by atoms with van der Waals surface area (Å²) in [7, 11) is 1.57. The van der Waals surface area contributed by atoms with E-state index < -0.39 is 17.5 Å². The number of hydrogen-bond donors (Lipinski definition) is 1. The first-order chi connectivity index (χ1) is 39.4. The van der Waals surface area contributed by atoms with Crippen LogP contribution >= 0.6 is 0 Å². The molecule has 5 aromatic rings. The second-order valence-corrected chi connectivity index (χ2v) is 26.2.